The zero-order chi connectivity index (χ0) is 40.3. The normalized spacial score (nSPS) is 54.8. The van der Waals surface area contributed by atoms with Gasteiger partial charge in [0.25, 0.3) is 0 Å². The molecule has 2 aliphatic heterocycles. The average Bonchev–Trinajstić information content (AvgIpc) is 3.12. The quantitative estimate of drug-likeness (QED) is 0.105. The highest BCUT2D eigenvalue weighted by Crippen LogP contribution is 2.75. The van der Waals surface area contributed by atoms with Crippen LogP contribution in [0.5, 0.6) is 0 Å². The predicted octanol–water partition coefficient (Wildman–Crippen LogP) is 1.83. The van der Waals surface area contributed by atoms with E-state index in [9.17, 15) is 50.4 Å². The first-order chi connectivity index (χ1) is 25.6. The smallest absolute Gasteiger partial charge is 0.312 e. The van der Waals surface area contributed by atoms with Crippen LogP contribution in [0, 0.1) is 56.9 Å². The van der Waals surface area contributed by atoms with Gasteiger partial charge < -0.3 is 64.6 Å². The van der Waals surface area contributed by atoms with Gasteiger partial charge in [0.1, 0.15) is 61.0 Å². The largest absolute Gasteiger partial charge is 0.481 e. The Morgan fingerprint density at radius 1 is 0.855 bits per heavy atom. The standard InChI is InChI=1S/C41H63O14/c1-36(2)13-14-41(35(50)51)21(15-36)20-7-8-25-37(3)11-10-27(38(4,19-43)24(37)9-12-39(25,5)40(20,6)16-26(41)45)54-34-32(28(46)22(44)18-52-34)55-33-31(49)30(48)29(47)23(17-42)53-33/h7,18-19,21-34,42,44-49H,8-17H2,1-6H3,(H,50,51)/t21?,22-,23?,24+,25?,26?,27-,28-,29-,30-,31?,32?,33-,34-,37?,38+,39-,40+,41+/m0/s1. The second-order valence-electron chi connectivity index (χ2n) is 19.8. The Bertz CT molecular complexity index is 1520. The molecule has 7 aliphatic rings. The van der Waals surface area contributed by atoms with E-state index < -0.39 is 96.3 Å². The number of carboxylic acid groups (broad SMARTS) is 1. The molecule has 0 aromatic rings. The molecule has 4 saturated carbocycles. The molecule has 0 amide bonds. The molecular formula is C41H63O14. The topological polar surface area (TPSA) is 233 Å². The second-order valence-corrected chi connectivity index (χ2v) is 19.8. The van der Waals surface area contributed by atoms with Crippen LogP contribution in [0.1, 0.15) is 99.3 Å². The minimum Gasteiger partial charge on any atom is -0.481 e. The lowest BCUT2D eigenvalue weighted by molar-refractivity contribution is -0.359. The van der Waals surface area contributed by atoms with Gasteiger partial charge in [-0.1, -0.05) is 53.2 Å². The average molecular weight is 780 g/mol. The van der Waals surface area contributed by atoms with Gasteiger partial charge in [0.2, 0.25) is 0 Å². The van der Waals surface area contributed by atoms with E-state index in [-0.39, 0.29) is 34.0 Å². The summed E-state index contributed by atoms with van der Waals surface area (Å²) in [7, 11) is 0. The van der Waals surface area contributed by atoms with Gasteiger partial charge in [-0.2, -0.15) is 0 Å². The van der Waals surface area contributed by atoms with Gasteiger partial charge in [-0.3, -0.25) is 4.79 Å². The van der Waals surface area contributed by atoms with Crippen LogP contribution in [-0.4, -0.2) is 127 Å². The van der Waals surface area contributed by atoms with Gasteiger partial charge in [-0.25, -0.2) is 0 Å². The van der Waals surface area contributed by atoms with Crippen LogP contribution in [0.2, 0.25) is 0 Å². The Morgan fingerprint density at radius 2 is 1.56 bits per heavy atom. The van der Waals surface area contributed by atoms with Crippen molar-refractivity contribution < 1.29 is 69.4 Å². The van der Waals surface area contributed by atoms with Gasteiger partial charge in [-0.15, -0.1) is 0 Å². The molecule has 8 N–H and O–H groups in total. The first kappa shape index (κ1) is 41.6. The summed E-state index contributed by atoms with van der Waals surface area (Å²) in [6.45, 7) is 13.4. The molecule has 19 atom stereocenters. The van der Waals surface area contributed by atoms with Crippen molar-refractivity contribution in [3.63, 3.8) is 0 Å². The fourth-order valence-corrected chi connectivity index (χ4v) is 13.2. The van der Waals surface area contributed by atoms with E-state index in [1.165, 1.54) is 5.57 Å². The maximum Gasteiger partial charge on any atom is 0.312 e. The van der Waals surface area contributed by atoms with E-state index in [0.717, 1.165) is 32.2 Å². The number of carbonyl (C=O) groups excluding carboxylic acids is 1. The van der Waals surface area contributed by atoms with Crippen LogP contribution < -0.4 is 0 Å². The highest BCUT2D eigenvalue weighted by Gasteiger charge is 2.72. The highest BCUT2D eigenvalue weighted by molar-refractivity contribution is 5.77. The molecule has 0 aromatic heterocycles. The molecule has 0 bridgehead atoms. The van der Waals surface area contributed by atoms with Gasteiger partial charge in [-0.05, 0) is 97.2 Å². The molecule has 14 nitrogen and oxygen atoms in total. The summed E-state index contributed by atoms with van der Waals surface area (Å²) in [4.78, 5) is 26.5. The summed E-state index contributed by atoms with van der Waals surface area (Å²) in [5, 5.41) is 85.1. The Labute approximate surface area is 323 Å². The summed E-state index contributed by atoms with van der Waals surface area (Å²) in [5.74, 6) is -1.20. The van der Waals surface area contributed by atoms with Crippen molar-refractivity contribution in [3.05, 3.63) is 18.3 Å². The van der Waals surface area contributed by atoms with Crippen molar-refractivity contribution in [3.8, 4) is 0 Å². The van der Waals surface area contributed by atoms with E-state index in [4.69, 9.17) is 18.9 Å². The van der Waals surface area contributed by atoms with Crippen molar-refractivity contribution in [2.24, 2.45) is 50.2 Å². The van der Waals surface area contributed by atoms with Crippen molar-refractivity contribution >= 4 is 12.3 Å². The fourth-order valence-electron chi connectivity index (χ4n) is 13.2. The SMILES string of the molecule is CC1(C)CC[C@]2(C(=O)O)C(O)C[C@]3(C)C(=CCC4C5(C)CC[C@H](O[C@@H]6O[CH][C@H](O)[C@H](O)C6O[C@@H]6OC(CO)[C@H](O)[C@H](O)C6O)[C@](C)(C=O)[C@@H]5CC[C@@]43C)C2C1. The Kier molecular flexibility index (Phi) is 10.6. The molecule has 1 radical (unpaired) electrons. The number of ether oxygens (including phenoxy) is 4. The zero-order valence-corrected chi connectivity index (χ0v) is 32.9. The van der Waals surface area contributed by atoms with Crippen LogP contribution in [0.15, 0.2) is 11.6 Å². The number of aliphatic hydroxyl groups is 7. The number of hydrogen-bond donors (Lipinski definition) is 8. The third-order valence-electron chi connectivity index (χ3n) is 16.7. The first-order valence-corrected chi connectivity index (χ1v) is 20.2. The molecule has 5 aliphatic carbocycles. The minimum absolute atomic E-state index is 0.0548. The molecule has 2 heterocycles. The molecule has 0 aromatic carbocycles. The molecule has 7 rings (SSSR count). The number of hydrogen-bond acceptors (Lipinski definition) is 13. The first-order valence-electron chi connectivity index (χ1n) is 20.2. The van der Waals surface area contributed by atoms with Crippen molar-refractivity contribution in [1.82, 2.24) is 0 Å². The number of fused-ring (bicyclic) bond motifs is 7. The summed E-state index contributed by atoms with van der Waals surface area (Å²) in [6.07, 6.45) is -6.92. The van der Waals surface area contributed by atoms with E-state index in [2.05, 4.69) is 40.7 Å². The van der Waals surface area contributed by atoms with E-state index in [1.54, 1.807) is 0 Å². The molecule has 55 heavy (non-hydrogen) atoms. The Balaban J connectivity index is 1.16. The van der Waals surface area contributed by atoms with Crippen LogP contribution >= 0.6 is 0 Å². The lowest BCUT2D eigenvalue weighted by atomic mass is 9.33. The zero-order valence-electron chi connectivity index (χ0n) is 32.9. The number of allylic oxidation sites excluding steroid dienone is 2. The summed E-state index contributed by atoms with van der Waals surface area (Å²) in [6, 6.07) is 0. The molecular weight excluding hydrogens is 716 g/mol. The lowest BCUT2D eigenvalue weighted by Gasteiger charge is -2.71. The van der Waals surface area contributed by atoms with Gasteiger partial charge in [0.15, 0.2) is 12.6 Å². The molecule has 14 heteroatoms. The summed E-state index contributed by atoms with van der Waals surface area (Å²) < 4.78 is 23.7. The van der Waals surface area contributed by atoms with Crippen molar-refractivity contribution in [2.75, 3.05) is 6.61 Å². The summed E-state index contributed by atoms with van der Waals surface area (Å²) in [5.41, 5.74) is -2.20. The third-order valence-corrected chi connectivity index (χ3v) is 16.7. The van der Waals surface area contributed by atoms with Crippen molar-refractivity contribution in [1.29, 1.82) is 0 Å². The molecule has 7 unspecified atom stereocenters. The fraction of sp³-hybridized carbons (Fsp3) is 0.878. The number of carbonyl (C=O) groups is 2. The number of aliphatic carboxylic acids is 1. The molecule has 311 valence electrons. The maximum absolute atomic E-state index is 13.4. The summed E-state index contributed by atoms with van der Waals surface area (Å²) >= 11 is 0. The third kappa shape index (κ3) is 5.97. The number of rotatable bonds is 7. The van der Waals surface area contributed by atoms with Crippen LogP contribution in [-0.2, 0) is 28.5 Å². The van der Waals surface area contributed by atoms with Crippen molar-refractivity contribution in [2.45, 2.75) is 167 Å². The number of aliphatic hydroxyl groups excluding tert-OH is 7. The van der Waals surface area contributed by atoms with E-state index in [1.807, 2.05) is 6.92 Å². The van der Waals surface area contributed by atoms with Crippen LogP contribution in [0.4, 0.5) is 0 Å². The van der Waals surface area contributed by atoms with E-state index >= 15 is 0 Å². The molecule has 0 spiro atoms. The number of aldehydes is 1. The predicted molar refractivity (Wildman–Crippen MR) is 193 cm³/mol. The van der Waals surface area contributed by atoms with Gasteiger partial charge in [0.05, 0.1) is 24.2 Å². The maximum atomic E-state index is 13.4. The van der Waals surface area contributed by atoms with Gasteiger partial charge in [0, 0.05) is 0 Å². The monoisotopic (exact) mass is 779 g/mol. The lowest BCUT2D eigenvalue weighted by Crippen LogP contribution is -2.68. The highest BCUT2D eigenvalue weighted by atomic mass is 16.8. The second kappa shape index (κ2) is 14.0. The minimum atomic E-state index is -1.77. The number of carboxylic acids is 1. The van der Waals surface area contributed by atoms with E-state index in [0.29, 0.717) is 38.5 Å². The van der Waals surface area contributed by atoms with Gasteiger partial charge >= 0.3 is 5.97 Å². The Morgan fingerprint density at radius 3 is 2.22 bits per heavy atom. The molecule has 6 fully saturated rings. The Hall–Kier alpha value is -1.56. The van der Waals surface area contributed by atoms with Crippen LogP contribution in [0.25, 0.3) is 0 Å². The molecule has 2 saturated heterocycles. The van der Waals surface area contributed by atoms with Crippen LogP contribution in [0.3, 0.4) is 0 Å².